The van der Waals surface area contributed by atoms with Crippen LogP contribution in [0.3, 0.4) is 0 Å². The van der Waals surface area contributed by atoms with Gasteiger partial charge in [-0.05, 0) is 62.1 Å². The predicted molar refractivity (Wildman–Crippen MR) is 155 cm³/mol. The van der Waals surface area contributed by atoms with Crippen LogP contribution >= 0.6 is 11.8 Å². The van der Waals surface area contributed by atoms with Crippen LogP contribution in [0, 0.1) is 11.7 Å². The molecule has 2 aromatic rings. The van der Waals surface area contributed by atoms with Crippen molar-refractivity contribution in [2.24, 2.45) is 10.9 Å². The minimum atomic E-state index is -3.64. The number of rotatable bonds is 10. The average molecular weight is 591 g/mol. The topological polar surface area (TPSA) is 108 Å². The van der Waals surface area contributed by atoms with Crippen LogP contribution in [0.4, 0.5) is 15.8 Å². The van der Waals surface area contributed by atoms with E-state index in [1.807, 2.05) is 6.92 Å². The van der Waals surface area contributed by atoms with Crippen LogP contribution in [0.1, 0.15) is 40.0 Å². The van der Waals surface area contributed by atoms with Crippen molar-refractivity contribution >= 4 is 50.1 Å². The van der Waals surface area contributed by atoms with E-state index in [0.717, 1.165) is 12.8 Å². The highest BCUT2D eigenvalue weighted by Gasteiger charge is 2.41. The Morgan fingerprint density at radius 2 is 1.77 bits per heavy atom. The molecule has 0 saturated carbocycles. The normalized spacial score (nSPS) is 20.3. The number of halogens is 1. The number of morpholine rings is 1. The summed E-state index contributed by atoms with van der Waals surface area (Å²) in [5.74, 6) is -0.789. The molecule has 2 aliphatic rings. The van der Waals surface area contributed by atoms with E-state index in [1.165, 1.54) is 46.4 Å². The Kier molecular flexibility index (Phi) is 9.99. The summed E-state index contributed by atoms with van der Waals surface area (Å²) < 4.78 is 46.6. The van der Waals surface area contributed by atoms with Crippen molar-refractivity contribution in [3.8, 4) is 0 Å². The molecule has 0 radical (unpaired) electrons. The van der Waals surface area contributed by atoms with Gasteiger partial charge >= 0.3 is 0 Å². The molecular formula is C28H35FN4O5S2. The second kappa shape index (κ2) is 13.2. The van der Waals surface area contributed by atoms with E-state index in [0.29, 0.717) is 43.1 Å². The first-order valence-corrected chi connectivity index (χ1v) is 15.7. The number of thioether (sulfide) groups is 1. The van der Waals surface area contributed by atoms with Gasteiger partial charge in [0.2, 0.25) is 21.8 Å². The van der Waals surface area contributed by atoms with Gasteiger partial charge in [-0.3, -0.25) is 14.5 Å². The molecule has 2 aromatic carbocycles. The fraction of sp³-hybridized carbons (Fsp3) is 0.464. The molecule has 216 valence electrons. The summed E-state index contributed by atoms with van der Waals surface area (Å²) in [7, 11) is -3.64. The molecule has 12 heteroatoms. The lowest BCUT2D eigenvalue weighted by Crippen LogP contribution is -2.40. The van der Waals surface area contributed by atoms with Crippen LogP contribution in [0.25, 0.3) is 0 Å². The van der Waals surface area contributed by atoms with Crippen molar-refractivity contribution in [1.82, 2.24) is 9.21 Å². The summed E-state index contributed by atoms with van der Waals surface area (Å²) in [4.78, 5) is 32.7. The number of benzene rings is 2. The second-order valence-electron chi connectivity index (χ2n) is 10.3. The van der Waals surface area contributed by atoms with Gasteiger partial charge in [-0.2, -0.15) is 4.31 Å². The summed E-state index contributed by atoms with van der Waals surface area (Å²) in [6.45, 7) is 7.52. The zero-order valence-electron chi connectivity index (χ0n) is 22.9. The van der Waals surface area contributed by atoms with Crippen LogP contribution in [0.5, 0.6) is 0 Å². The number of ether oxygens (including phenoxy) is 1. The molecular weight excluding hydrogens is 555 g/mol. The van der Waals surface area contributed by atoms with Gasteiger partial charge in [0, 0.05) is 25.6 Å². The van der Waals surface area contributed by atoms with Crippen molar-refractivity contribution in [3.63, 3.8) is 0 Å². The SMILES string of the molecule is CC(C)CC[C@H](C)N1C(=O)[C@@H](CC(=O)Nc2ccccc2F)SC1=Nc1ccc(S(=O)(=O)N2CCOCC2)cc1. The molecule has 0 bridgehead atoms. The standard InChI is InChI=1S/C28H35FN4O5S2/c1-19(2)8-9-20(3)33-27(35)25(18-26(34)31-24-7-5-4-6-23(24)29)39-28(33)30-21-10-12-22(13-11-21)40(36,37)32-14-16-38-17-15-32/h4-7,10-13,19-20,25H,8-9,14-18H2,1-3H3,(H,31,34)/t20-,25+/m0/s1. The van der Waals surface area contributed by atoms with E-state index < -0.39 is 27.0 Å². The van der Waals surface area contributed by atoms with Gasteiger partial charge in [-0.1, -0.05) is 37.7 Å². The summed E-state index contributed by atoms with van der Waals surface area (Å²) >= 11 is 1.19. The molecule has 0 aromatic heterocycles. The molecule has 2 heterocycles. The first-order valence-electron chi connectivity index (χ1n) is 13.4. The molecule has 0 aliphatic carbocycles. The highest BCUT2D eigenvalue weighted by molar-refractivity contribution is 8.15. The number of carbonyl (C=O) groups excluding carboxylic acids is 2. The molecule has 9 nitrogen and oxygen atoms in total. The maximum absolute atomic E-state index is 14.0. The average Bonchev–Trinajstić information content (AvgIpc) is 3.23. The number of sulfonamides is 1. The number of hydrogen-bond acceptors (Lipinski definition) is 7. The smallest absolute Gasteiger partial charge is 0.243 e. The minimum Gasteiger partial charge on any atom is -0.379 e. The second-order valence-corrected chi connectivity index (χ2v) is 13.4. The maximum Gasteiger partial charge on any atom is 0.243 e. The third-order valence-corrected chi connectivity index (χ3v) is 9.82. The number of aliphatic imine (C=N–C) groups is 1. The quantitative estimate of drug-likeness (QED) is 0.432. The minimum absolute atomic E-state index is 0.0612. The van der Waals surface area contributed by atoms with E-state index in [1.54, 1.807) is 23.1 Å². The number of anilines is 1. The number of nitrogens with one attached hydrogen (secondary N) is 1. The van der Waals surface area contributed by atoms with Crippen molar-refractivity contribution in [1.29, 1.82) is 0 Å². The summed E-state index contributed by atoms with van der Waals surface area (Å²) in [5.41, 5.74) is 0.555. The Balaban J connectivity index is 1.53. The lowest BCUT2D eigenvalue weighted by Gasteiger charge is -2.26. The van der Waals surface area contributed by atoms with Crippen LogP contribution < -0.4 is 5.32 Å². The Morgan fingerprint density at radius 3 is 2.42 bits per heavy atom. The van der Waals surface area contributed by atoms with Crippen LogP contribution in [0.2, 0.25) is 0 Å². The summed E-state index contributed by atoms with van der Waals surface area (Å²) in [6, 6.07) is 12.0. The number of carbonyl (C=O) groups is 2. The van der Waals surface area contributed by atoms with Crippen LogP contribution in [-0.2, 0) is 24.3 Å². The van der Waals surface area contributed by atoms with Crippen molar-refractivity contribution in [3.05, 3.63) is 54.3 Å². The number of nitrogens with zero attached hydrogens (tertiary/aromatic N) is 3. The first kappa shape index (κ1) is 30.2. The highest BCUT2D eigenvalue weighted by Crippen LogP contribution is 2.35. The Morgan fingerprint density at radius 1 is 1.10 bits per heavy atom. The molecule has 2 aliphatic heterocycles. The van der Waals surface area contributed by atoms with E-state index >= 15 is 0 Å². The number of amides is 2. The van der Waals surface area contributed by atoms with E-state index in [2.05, 4.69) is 19.2 Å². The zero-order chi connectivity index (χ0) is 28.9. The van der Waals surface area contributed by atoms with Gasteiger partial charge in [-0.25, -0.2) is 17.8 Å². The van der Waals surface area contributed by atoms with Gasteiger partial charge in [-0.15, -0.1) is 0 Å². The predicted octanol–water partition coefficient (Wildman–Crippen LogP) is 4.63. The molecule has 0 unspecified atom stereocenters. The fourth-order valence-electron chi connectivity index (χ4n) is 4.47. The molecule has 2 fully saturated rings. The fourth-order valence-corrected chi connectivity index (χ4v) is 7.13. The van der Waals surface area contributed by atoms with Crippen molar-refractivity contribution in [2.75, 3.05) is 31.6 Å². The van der Waals surface area contributed by atoms with Gasteiger partial charge < -0.3 is 10.1 Å². The number of para-hydroxylation sites is 1. The molecule has 1 N–H and O–H groups in total. The third kappa shape index (κ3) is 7.28. The molecule has 40 heavy (non-hydrogen) atoms. The maximum atomic E-state index is 14.0. The monoisotopic (exact) mass is 590 g/mol. The van der Waals surface area contributed by atoms with E-state index in [4.69, 9.17) is 9.73 Å². The third-order valence-electron chi connectivity index (χ3n) is 6.76. The Labute approximate surface area is 239 Å². The van der Waals surface area contributed by atoms with Gasteiger partial charge in [0.1, 0.15) is 11.1 Å². The Hall–Kier alpha value is -2.80. The summed E-state index contributed by atoms with van der Waals surface area (Å²) in [6.07, 6.45) is 1.53. The molecule has 2 saturated heterocycles. The Bertz CT molecular complexity index is 1340. The zero-order valence-corrected chi connectivity index (χ0v) is 24.5. The number of amidine groups is 1. The van der Waals surface area contributed by atoms with E-state index in [-0.39, 0.29) is 29.0 Å². The summed E-state index contributed by atoms with van der Waals surface area (Å²) in [5, 5.41) is 2.28. The van der Waals surface area contributed by atoms with Gasteiger partial charge in [0.15, 0.2) is 5.17 Å². The van der Waals surface area contributed by atoms with Crippen molar-refractivity contribution < 1.29 is 27.1 Å². The van der Waals surface area contributed by atoms with Crippen LogP contribution in [0.15, 0.2) is 58.4 Å². The molecule has 4 rings (SSSR count). The lowest BCUT2D eigenvalue weighted by atomic mass is 10.0. The lowest BCUT2D eigenvalue weighted by molar-refractivity contribution is -0.129. The van der Waals surface area contributed by atoms with E-state index in [9.17, 15) is 22.4 Å². The van der Waals surface area contributed by atoms with Crippen LogP contribution in [-0.4, -0.2) is 72.2 Å². The van der Waals surface area contributed by atoms with Gasteiger partial charge in [0.05, 0.1) is 29.5 Å². The van der Waals surface area contributed by atoms with Gasteiger partial charge in [0.25, 0.3) is 0 Å². The van der Waals surface area contributed by atoms with Crippen molar-refractivity contribution in [2.45, 2.75) is 56.2 Å². The molecule has 0 spiro atoms. The molecule has 2 amide bonds. The largest absolute Gasteiger partial charge is 0.379 e. The highest BCUT2D eigenvalue weighted by atomic mass is 32.2. The molecule has 2 atom stereocenters. The first-order chi connectivity index (χ1) is 19.1. The number of hydrogen-bond donors (Lipinski definition) is 1.